The Balaban J connectivity index is 1.38. The summed E-state index contributed by atoms with van der Waals surface area (Å²) >= 11 is 8.02. The minimum Gasteiger partial charge on any atom is -0.369 e. The first kappa shape index (κ1) is 16.8. The van der Waals surface area contributed by atoms with E-state index in [2.05, 4.69) is 45.6 Å². The summed E-state index contributed by atoms with van der Waals surface area (Å²) in [5.41, 5.74) is 3.60. The van der Waals surface area contributed by atoms with Crippen molar-refractivity contribution in [2.45, 2.75) is 44.4 Å². The number of hydrogen-bond acceptors (Lipinski definition) is 4. The van der Waals surface area contributed by atoms with Gasteiger partial charge in [0.1, 0.15) is 5.60 Å². The van der Waals surface area contributed by atoms with E-state index < -0.39 is 0 Å². The van der Waals surface area contributed by atoms with Gasteiger partial charge in [0.05, 0.1) is 28.5 Å². The summed E-state index contributed by atoms with van der Waals surface area (Å²) in [7, 11) is 0. The maximum absolute atomic E-state index is 6.38. The molecule has 3 aromatic rings. The first-order valence-corrected chi connectivity index (χ1v) is 10.4. The molecule has 0 aliphatic carbocycles. The van der Waals surface area contributed by atoms with Crippen LogP contribution in [0, 0.1) is 0 Å². The van der Waals surface area contributed by atoms with E-state index in [0.29, 0.717) is 6.04 Å². The minimum atomic E-state index is -0.141. The molecule has 4 nitrogen and oxygen atoms in total. The zero-order valence-corrected chi connectivity index (χ0v) is 16.4. The first-order valence-electron chi connectivity index (χ1n) is 9.22. The van der Waals surface area contributed by atoms with E-state index in [9.17, 15) is 0 Å². The van der Waals surface area contributed by atoms with Gasteiger partial charge in [-0.05, 0) is 49.9 Å². The molecule has 2 aliphatic heterocycles. The molecule has 5 heterocycles. The van der Waals surface area contributed by atoms with Crippen molar-refractivity contribution in [1.29, 1.82) is 0 Å². The summed E-state index contributed by atoms with van der Waals surface area (Å²) in [6.07, 6.45) is 6.98. The molecule has 136 valence electrons. The SMILES string of the molecule is C[C@H]1C[C@@]2(CCN1Cc1ncn3ccccc13)OCCc1cc(Cl)sc12. The summed E-state index contributed by atoms with van der Waals surface area (Å²) in [6.45, 7) is 5.02. The van der Waals surface area contributed by atoms with Crippen molar-refractivity contribution in [2.75, 3.05) is 13.2 Å². The van der Waals surface area contributed by atoms with Crippen molar-refractivity contribution < 1.29 is 4.74 Å². The molecule has 2 atom stereocenters. The van der Waals surface area contributed by atoms with E-state index in [1.165, 1.54) is 16.0 Å². The molecule has 1 fully saturated rings. The van der Waals surface area contributed by atoms with Gasteiger partial charge in [0.2, 0.25) is 0 Å². The molecule has 0 amide bonds. The van der Waals surface area contributed by atoms with Crippen molar-refractivity contribution in [1.82, 2.24) is 14.3 Å². The molecule has 0 radical (unpaired) electrons. The standard InChI is InChI=1S/C20H22ClN3OS/c1-14-11-20(19-15(5-9-25-20)10-18(21)26-19)6-8-23(14)12-16-17-4-2-3-7-24(17)13-22-16/h2-4,7,10,13-14H,5-6,8-9,11-12H2,1H3/t14-,20+/m0/s1. The molecule has 0 N–H and O–H groups in total. The van der Waals surface area contributed by atoms with Gasteiger partial charge in [0.25, 0.3) is 0 Å². The number of halogens is 1. The predicted octanol–water partition coefficient (Wildman–Crippen LogP) is 4.50. The molecule has 6 heteroatoms. The second-order valence-electron chi connectivity index (χ2n) is 7.46. The fourth-order valence-electron chi connectivity index (χ4n) is 4.53. The highest BCUT2D eigenvalue weighted by molar-refractivity contribution is 7.16. The number of ether oxygens (including phenoxy) is 1. The highest BCUT2D eigenvalue weighted by Crippen LogP contribution is 2.48. The lowest BCUT2D eigenvalue weighted by molar-refractivity contribution is -0.110. The van der Waals surface area contributed by atoms with Gasteiger partial charge in [-0.1, -0.05) is 17.7 Å². The number of pyridine rings is 1. The lowest BCUT2D eigenvalue weighted by atomic mass is 9.82. The maximum Gasteiger partial charge on any atom is 0.105 e. The van der Waals surface area contributed by atoms with Gasteiger partial charge in [-0.3, -0.25) is 4.90 Å². The number of piperidine rings is 1. The number of nitrogens with zero attached hydrogens (tertiary/aromatic N) is 3. The summed E-state index contributed by atoms with van der Waals surface area (Å²) in [5, 5.41) is 0. The summed E-state index contributed by atoms with van der Waals surface area (Å²) in [4.78, 5) is 8.55. The van der Waals surface area contributed by atoms with Crippen LogP contribution in [-0.2, 0) is 23.3 Å². The first-order chi connectivity index (χ1) is 12.6. The van der Waals surface area contributed by atoms with Crippen molar-refractivity contribution in [3.8, 4) is 0 Å². The van der Waals surface area contributed by atoms with Crippen LogP contribution < -0.4 is 0 Å². The molecule has 0 bridgehead atoms. The number of likely N-dealkylation sites (tertiary alicyclic amines) is 1. The summed E-state index contributed by atoms with van der Waals surface area (Å²) in [6, 6.07) is 8.84. The maximum atomic E-state index is 6.38. The third-order valence-electron chi connectivity index (χ3n) is 5.87. The van der Waals surface area contributed by atoms with Gasteiger partial charge in [-0.2, -0.15) is 0 Å². The highest BCUT2D eigenvalue weighted by atomic mass is 35.5. The minimum absolute atomic E-state index is 0.141. The van der Waals surface area contributed by atoms with Crippen molar-refractivity contribution in [3.63, 3.8) is 0 Å². The topological polar surface area (TPSA) is 29.8 Å². The lowest BCUT2D eigenvalue weighted by Gasteiger charge is -2.47. The van der Waals surface area contributed by atoms with Crippen LogP contribution >= 0.6 is 22.9 Å². The molecular formula is C20H22ClN3OS. The molecule has 1 saturated heterocycles. The molecule has 2 aliphatic rings. The van der Waals surface area contributed by atoms with Gasteiger partial charge in [0, 0.05) is 30.2 Å². The van der Waals surface area contributed by atoms with E-state index in [0.717, 1.165) is 49.0 Å². The van der Waals surface area contributed by atoms with Gasteiger partial charge < -0.3 is 9.14 Å². The van der Waals surface area contributed by atoms with E-state index in [1.54, 1.807) is 11.3 Å². The van der Waals surface area contributed by atoms with Crippen LogP contribution in [-0.4, -0.2) is 33.5 Å². The molecule has 1 spiro atoms. The monoisotopic (exact) mass is 387 g/mol. The average Bonchev–Trinajstić information content (AvgIpc) is 3.22. The van der Waals surface area contributed by atoms with Gasteiger partial charge in [-0.25, -0.2) is 4.98 Å². The predicted molar refractivity (Wildman–Crippen MR) is 105 cm³/mol. The number of fused-ring (bicyclic) bond motifs is 3. The second kappa shape index (κ2) is 6.34. The van der Waals surface area contributed by atoms with Crippen molar-refractivity contribution in [2.24, 2.45) is 0 Å². The number of imidazole rings is 1. The van der Waals surface area contributed by atoms with Crippen LogP contribution in [0.25, 0.3) is 5.52 Å². The third kappa shape index (κ3) is 2.69. The Hall–Kier alpha value is -1.40. The number of aromatic nitrogens is 2. The Morgan fingerprint density at radius 3 is 3.23 bits per heavy atom. The van der Waals surface area contributed by atoms with Crippen molar-refractivity contribution >= 4 is 28.5 Å². The average molecular weight is 388 g/mol. The number of rotatable bonds is 2. The molecule has 5 rings (SSSR count). The quantitative estimate of drug-likeness (QED) is 0.648. The molecule has 3 aromatic heterocycles. The van der Waals surface area contributed by atoms with Gasteiger partial charge >= 0.3 is 0 Å². The second-order valence-corrected chi connectivity index (χ2v) is 9.14. The van der Waals surface area contributed by atoms with E-state index in [-0.39, 0.29) is 5.60 Å². The van der Waals surface area contributed by atoms with Crippen LogP contribution in [0.3, 0.4) is 0 Å². The van der Waals surface area contributed by atoms with Crippen LogP contribution in [0.2, 0.25) is 4.34 Å². The molecule has 0 saturated carbocycles. The lowest BCUT2D eigenvalue weighted by Crippen LogP contribution is -2.50. The van der Waals surface area contributed by atoms with Gasteiger partial charge in [-0.15, -0.1) is 11.3 Å². The number of thiophene rings is 1. The summed E-state index contributed by atoms with van der Waals surface area (Å²) in [5.74, 6) is 0. The fraction of sp³-hybridized carbons (Fsp3) is 0.450. The smallest absolute Gasteiger partial charge is 0.105 e. The van der Waals surface area contributed by atoms with E-state index in [4.69, 9.17) is 16.3 Å². The van der Waals surface area contributed by atoms with Gasteiger partial charge in [0.15, 0.2) is 0 Å². The fourth-order valence-corrected chi connectivity index (χ4v) is 6.01. The molecular weight excluding hydrogens is 366 g/mol. The molecule has 0 unspecified atom stereocenters. The van der Waals surface area contributed by atoms with Crippen LogP contribution in [0.4, 0.5) is 0 Å². The Morgan fingerprint density at radius 2 is 2.35 bits per heavy atom. The Labute approximate surface area is 162 Å². The van der Waals surface area contributed by atoms with Crippen LogP contribution in [0.5, 0.6) is 0 Å². The third-order valence-corrected chi connectivity index (χ3v) is 7.36. The zero-order valence-electron chi connectivity index (χ0n) is 14.8. The van der Waals surface area contributed by atoms with E-state index in [1.807, 2.05) is 12.4 Å². The Bertz CT molecular complexity index is 952. The zero-order chi connectivity index (χ0) is 17.7. The number of hydrogen-bond donors (Lipinski definition) is 0. The van der Waals surface area contributed by atoms with Crippen LogP contribution in [0.1, 0.15) is 35.9 Å². The van der Waals surface area contributed by atoms with Crippen LogP contribution in [0.15, 0.2) is 36.8 Å². The summed E-state index contributed by atoms with van der Waals surface area (Å²) < 4.78 is 9.36. The van der Waals surface area contributed by atoms with Crippen molar-refractivity contribution in [3.05, 3.63) is 57.3 Å². The molecule has 0 aromatic carbocycles. The molecule has 26 heavy (non-hydrogen) atoms. The highest BCUT2D eigenvalue weighted by Gasteiger charge is 2.44. The van der Waals surface area contributed by atoms with E-state index >= 15 is 0 Å². The Kier molecular flexibility index (Phi) is 4.09. The normalized spacial score (nSPS) is 26.5. The largest absolute Gasteiger partial charge is 0.369 e. The Morgan fingerprint density at radius 1 is 1.42 bits per heavy atom.